The molecule has 0 atom stereocenters. The van der Waals surface area contributed by atoms with Crippen LogP contribution >= 0.6 is 0 Å². The molecule has 72 valence electrons. The summed E-state index contributed by atoms with van der Waals surface area (Å²) in [6.45, 7) is 0.306. The molecule has 0 saturated carbocycles. The molecule has 5 nitrogen and oxygen atoms in total. The standard InChI is InChI=1S/C6H13NO4S/c1-11-6(8)5-12(9,10)4-2-3-7/h2-5,7H2,1H3. The molecule has 0 aliphatic heterocycles. The van der Waals surface area contributed by atoms with Gasteiger partial charge in [-0.1, -0.05) is 0 Å². The summed E-state index contributed by atoms with van der Waals surface area (Å²) >= 11 is 0. The average molecular weight is 195 g/mol. The second kappa shape index (κ2) is 5.10. The Morgan fingerprint density at radius 2 is 2.08 bits per heavy atom. The molecule has 0 amide bonds. The fourth-order valence-electron chi connectivity index (χ4n) is 0.614. The van der Waals surface area contributed by atoms with E-state index in [1.807, 2.05) is 0 Å². The van der Waals surface area contributed by atoms with Crippen molar-refractivity contribution in [1.29, 1.82) is 0 Å². The van der Waals surface area contributed by atoms with Crippen molar-refractivity contribution < 1.29 is 17.9 Å². The van der Waals surface area contributed by atoms with E-state index in [1.165, 1.54) is 0 Å². The Labute approximate surface area is 71.8 Å². The Balaban J connectivity index is 3.96. The Kier molecular flexibility index (Phi) is 4.84. The lowest BCUT2D eigenvalue weighted by molar-refractivity contribution is -0.137. The quantitative estimate of drug-likeness (QED) is 0.564. The van der Waals surface area contributed by atoms with Crippen molar-refractivity contribution in [2.75, 3.05) is 25.2 Å². The highest BCUT2D eigenvalue weighted by molar-refractivity contribution is 7.92. The van der Waals surface area contributed by atoms with Gasteiger partial charge in [0.1, 0.15) is 5.75 Å². The van der Waals surface area contributed by atoms with Crippen molar-refractivity contribution in [3.63, 3.8) is 0 Å². The van der Waals surface area contributed by atoms with E-state index >= 15 is 0 Å². The van der Waals surface area contributed by atoms with Gasteiger partial charge < -0.3 is 10.5 Å². The zero-order chi connectivity index (χ0) is 9.61. The van der Waals surface area contributed by atoms with E-state index in [4.69, 9.17) is 5.73 Å². The first-order valence-corrected chi connectivity index (χ1v) is 5.31. The third-order valence-electron chi connectivity index (χ3n) is 1.22. The van der Waals surface area contributed by atoms with Gasteiger partial charge in [-0.05, 0) is 13.0 Å². The molecule has 0 rings (SSSR count). The van der Waals surface area contributed by atoms with E-state index in [-0.39, 0.29) is 5.75 Å². The monoisotopic (exact) mass is 195 g/mol. The molecule has 0 bridgehead atoms. The van der Waals surface area contributed by atoms with Crippen LogP contribution in [-0.4, -0.2) is 39.5 Å². The van der Waals surface area contributed by atoms with Gasteiger partial charge in [-0.2, -0.15) is 0 Å². The van der Waals surface area contributed by atoms with Crippen molar-refractivity contribution in [2.24, 2.45) is 5.73 Å². The van der Waals surface area contributed by atoms with Crippen LogP contribution < -0.4 is 5.73 Å². The highest BCUT2D eigenvalue weighted by Gasteiger charge is 2.15. The summed E-state index contributed by atoms with van der Waals surface area (Å²) in [6, 6.07) is 0. The van der Waals surface area contributed by atoms with Crippen molar-refractivity contribution in [3.05, 3.63) is 0 Å². The first-order chi connectivity index (χ1) is 5.52. The lowest BCUT2D eigenvalue weighted by atomic mass is 10.5. The number of nitrogens with two attached hydrogens (primary N) is 1. The average Bonchev–Trinajstić information content (AvgIpc) is 2.00. The summed E-state index contributed by atoms with van der Waals surface area (Å²) in [7, 11) is -2.16. The fraction of sp³-hybridized carbons (Fsp3) is 0.833. The first-order valence-electron chi connectivity index (χ1n) is 3.49. The smallest absolute Gasteiger partial charge is 0.320 e. The van der Waals surface area contributed by atoms with Crippen LogP contribution in [-0.2, 0) is 19.4 Å². The molecule has 0 unspecified atom stereocenters. The van der Waals surface area contributed by atoms with Gasteiger partial charge in [0, 0.05) is 0 Å². The van der Waals surface area contributed by atoms with Crippen molar-refractivity contribution in [2.45, 2.75) is 6.42 Å². The maximum Gasteiger partial charge on any atom is 0.320 e. The molecule has 0 heterocycles. The molecule has 0 saturated heterocycles. The molecule has 0 aliphatic carbocycles. The number of carbonyl (C=O) groups is 1. The second-order valence-corrected chi connectivity index (χ2v) is 4.49. The van der Waals surface area contributed by atoms with E-state index < -0.39 is 21.6 Å². The van der Waals surface area contributed by atoms with Crippen LogP contribution in [0.25, 0.3) is 0 Å². The molecule has 2 N–H and O–H groups in total. The van der Waals surface area contributed by atoms with Crippen LogP contribution in [0.1, 0.15) is 6.42 Å². The van der Waals surface area contributed by atoms with Gasteiger partial charge in [0.05, 0.1) is 12.9 Å². The Morgan fingerprint density at radius 3 is 2.50 bits per heavy atom. The largest absolute Gasteiger partial charge is 0.468 e. The van der Waals surface area contributed by atoms with Crippen LogP contribution in [0.15, 0.2) is 0 Å². The Bertz CT molecular complexity index is 234. The summed E-state index contributed by atoms with van der Waals surface area (Å²) in [5, 5.41) is 0. The zero-order valence-electron chi connectivity index (χ0n) is 6.95. The summed E-state index contributed by atoms with van der Waals surface area (Å²) in [6.07, 6.45) is 0.374. The van der Waals surface area contributed by atoms with E-state index in [0.717, 1.165) is 7.11 Å². The zero-order valence-corrected chi connectivity index (χ0v) is 7.76. The van der Waals surface area contributed by atoms with Crippen LogP contribution in [0.4, 0.5) is 0 Å². The molecule has 0 aromatic carbocycles. The number of hydrogen-bond acceptors (Lipinski definition) is 5. The fourth-order valence-corrected chi connectivity index (χ4v) is 1.84. The van der Waals surface area contributed by atoms with Gasteiger partial charge >= 0.3 is 5.97 Å². The second-order valence-electron chi connectivity index (χ2n) is 2.31. The molecule has 0 aromatic rings. The van der Waals surface area contributed by atoms with E-state index in [2.05, 4.69) is 4.74 Å². The van der Waals surface area contributed by atoms with Crippen molar-refractivity contribution in [1.82, 2.24) is 0 Å². The maximum absolute atomic E-state index is 11.0. The Hall–Kier alpha value is -0.620. The lowest BCUT2D eigenvalue weighted by Gasteiger charge is -2.00. The van der Waals surface area contributed by atoms with Crippen molar-refractivity contribution in [3.8, 4) is 0 Å². The maximum atomic E-state index is 11.0. The molecule has 12 heavy (non-hydrogen) atoms. The van der Waals surface area contributed by atoms with Crippen LogP contribution in [0.2, 0.25) is 0 Å². The van der Waals surface area contributed by atoms with Crippen LogP contribution in [0, 0.1) is 0 Å². The Morgan fingerprint density at radius 1 is 1.50 bits per heavy atom. The summed E-state index contributed by atoms with van der Waals surface area (Å²) < 4.78 is 26.2. The molecule has 6 heteroatoms. The van der Waals surface area contributed by atoms with Gasteiger partial charge in [0.15, 0.2) is 9.84 Å². The third kappa shape index (κ3) is 5.09. The highest BCUT2D eigenvalue weighted by Crippen LogP contribution is 1.93. The van der Waals surface area contributed by atoms with E-state index in [1.54, 1.807) is 0 Å². The first kappa shape index (κ1) is 11.4. The number of rotatable bonds is 5. The minimum absolute atomic E-state index is 0.0569. The predicted octanol–water partition coefficient (Wildman–Crippen LogP) is -1.08. The SMILES string of the molecule is COC(=O)CS(=O)(=O)CCCN. The molecule has 0 radical (unpaired) electrons. The van der Waals surface area contributed by atoms with Crippen molar-refractivity contribution >= 4 is 15.8 Å². The molecule has 0 aromatic heterocycles. The predicted molar refractivity (Wildman–Crippen MR) is 44.3 cm³/mol. The van der Waals surface area contributed by atoms with Gasteiger partial charge in [-0.25, -0.2) is 8.42 Å². The van der Waals surface area contributed by atoms with Gasteiger partial charge in [-0.15, -0.1) is 0 Å². The van der Waals surface area contributed by atoms with Gasteiger partial charge in [0.25, 0.3) is 0 Å². The summed E-state index contributed by atoms with van der Waals surface area (Å²) in [5.41, 5.74) is 5.12. The van der Waals surface area contributed by atoms with E-state index in [9.17, 15) is 13.2 Å². The lowest BCUT2D eigenvalue weighted by Crippen LogP contribution is -2.21. The van der Waals surface area contributed by atoms with Gasteiger partial charge in [-0.3, -0.25) is 4.79 Å². The van der Waals surface area contributed by atoms with E-state index in [0.29, 0.717) is 13.0 Å². The summed E-state index contributed by atoms with van der Waals surface area (Å²) in [5.74, 6) is -1.34. The number of methoxy groups -OCH3 is 1. The molecular formula is C6H13NO4S. The number of esters is 1. The number of ether oxygens (including phenoxy) is 1. The normalized spacial score (nSPS) is 11.2. The van der Waals surface area contributed by atoms with Crippen LogP contribution in [0.5, 0.6) is 0 Å². The minimum atomic E-state index is -3.31. The minimum Gasteiger partial charge on any atom is -0.468 e. The molecule has 0 aliphatic rings. The summed E-state index contributed by atoms with van der Waals surface area (Å²) in [4.78, 5) is 10.6. The van der Waals surface area contributed by atoms with Gasteiger partial charge in [0.2, 0.25) is 0 Å². The number of sulfone groups is 1. The number of hydrogen-bond donors (Lipinski definition) is 1. The van der Waals surface area contributed by atoms with Crippen LogP contribution in [0.3, 0.4) is 0 Å². The topological polar surface area (TPSA) is 86.5 Å². The molecule has 0 fully saturated rings. The number of carbonyl (C=O) groups excluding carboxylic acids is 1. The highest BCUT2D eigenvalue weighted by atomic mass is 32.2. The third-order valence-corrected chi connectivity index (χ3v) is 2.81. The molecule has 0 spiro atoms. The molecular weight excluding hydrogens is 182 g/mol.